The highest BCUT2D eigenvalue weighted by atomic mass is 32.2. The molecule has 0 aliphatic carbocycles. The predicted octanol–water partition coefficient (Wildman–Crippen LogP) is -1.21. The molecule has 1 rings (SSSR count). The summed E-state index contributed by atoms with van der Waals surface area (Å²) in [6.07, 6.45) is -0.668. The molecule has 0 aromatic heterocycles. The van der Waals surface area contributed by atoms with Gasteiger partial charge in [-0.15, -0.1) is 0 Å². The van der Waals surface area contributed by atoms with Crippen molar-refractivity contribution in [2.45, 2.75) is 18.3 Å². The summed E-state index contributed by atoms with van der Waals surface area (Å²) >= 11 is 0. The van der Waals surface area contributed by atoms with Crippen molar-refractivity contribution >= 4 is 10.8 Å². The zero-order valence-electron chi connectivity index (χ0n) is 7.85. The van der Waals surface area contributed by atoms with Crippen LogP contribution < -0.4 is 0 Å². The Balaban J connectivity index is 2.33. The first kappa shape index (κ1) is 11.1. The van der Waals surface area contributed by atoms with Gasteiger partial charge in [-0.25, -0.2) is 0 Å². The second kappa shape index (κ2) is 5.05. The van der Waals surface area contributed by atoms with Crippen molar-refractivity contribution < 1.29 is 14.4 Å². The second-order valence-electron chi connectivity index (χ2n) is 3.49. The van der Waals surface area contributed by atoms with E-state index in [1.54, 1.807) is 0 Å². The normalized spacial score (nSPS) is 33.2. The summed E-state index contributed by atoms with van der Waals surface area (Å²) in [6.45, 7) is 3.75. The molecule has 0 spiro atoms. The lowest BCUT2D eigenvalue weighted by molar-refractivity contribution is 0.0602. The molecule has 2 N–H and O–H groups in total. The first-order chi connectivity index (χ1) is 6.13. The van der Waals surface area contributed by atoms with Gasteiger partial charge < -0.3 is 10.2 Å². The molecular weight excluding hydrogens is 190 g/mol. The van der Waals surface area contributed by atoms with Crippen molar-refractivity contribution in [1.82, 2.24) is 4.90 Å². The average Bonchev–Trinajstić information content (AvgIpc) is 2.11. The summed E-state index contributed by atoms with van der Waals surface area (Å²) < 4.78 is 11.3. The molecule has 0 saturated carbocycles. The molecule has 13 heavy (non-hydrogen) atoms. The molecule has 0 aromatic rings. The molecular formula is C8H17NO3S. The maximum Gasteiger partial charge on any atom is 0.0897 e. The van der Waals surface area contributed by atoms with Gasteiger partial charge in [-0.2, -0.15) is 0 Å². The van der Waals surface area contributed by atoms with Crippen LogP contribution in [-0.2, 0) is 10.8 Å². The van der Waals surface area contributed by atoms with Crippen LogP contribution in [0, 0.1) is 0 Å². The molecule has 1 heterocycles. The van der Waals surface area contributed by atoms with Crippen LogP contribution in [0.1, 0.15) is 6.92 Å². The molecule has 1 saturated heterocycles. The molecule has 1 aliphatic heterocycles. The maximum absolute atomic E-state index is 11.3. The molecule has 0 radical (unpaired) electrons. The Hall–Kier alpha value is 0.0300. The number of rotatable bonds is 3. The first-order valence-corrected chi connectivity index (χ1v) is 5.90. The zero-order valence-corrected chi connectivity index (χ0v) is 8.66. The molecule has 5 heteroatoms. The third-order valence-corrected chi connectivity index (χ3v) is 3.88. The Bertz CT molecular complexity index is 188. The number of hydrogen-bond acceptors (Lipinski definition) is 4. The van der Waals surface area contributed by atoms with Crippen LogP contribution in [0.25, 0.3) is 0 Å². The lowest BCUT2D eigenvalue weighted by Gasteiger charge is -2.31. The topological polar surface area (TPSA) is 60.8 Å². The number of nitrogens with zero attached hydrogens (tertiary/aromatic N) is 1. The van der Waals surface area contributed by atoms with Gasteiger partial charge >= 0.3 is 0 Å². The summed E-state index contributed by atoms with van der Waals surface area (Å²) in [5.74, 6) is 0.680. The number of β-amino-alcohol motifs (C(OH)–C–C–N with tert-alkyl or cyclic N) is 1. The highest BCUT2D eigenvalue weighted by Gasteiger charge is 2.23. The van der Waals surface area contributed by atoms with Crippen molar-refractivity contribution in [2.75, 3.05) is 32.0 Å². The Morgan fingerprint density at radius 3 is 2.92 bits per heavy atom. The zero-order chi connectivity index (χ0) is 9.84. The van der Waals surface area contributed by atoms with E-state index in [4.69, 9.17) is 5.11 Å². The Labute approximate surface area is 81.0 Å². The van der Waals surface area contributed by atoms with Gasteiger partial charge in [-0.3, -0.25) is 9.11 Å². The minimum absolute atomic E-state index is 0.180. The van der Waals surface area contributed by atoms with Crippen LogP contribution >= 0.6 is 0 Å². The van der Waals surface area contributed by atoms with E-state index in [0.29, 0.717) is 12.3 Å². The van der Waals surface area contributed by atoms with Crippen molar-refractivity contribution in [2.24, 2.45) is 0 Å². The summed E-state index contributed by atoms with van der Waals surface area (Å²) in [4.78, 5) is 2.05. The second-order valence-corrected chi connectivity index (χ2v) is 5.47. The SMILES string of the molecule is CC1CN(CC(O)CO)CCS1=O. The van der Waals surface area contributed by atoms with Gasteiger partial charge in [0.25, 0.3) is 0 Å². The Morgan fingerprint density at radius 2 is 2.38 bits per heavy atom. The van der Waals surface area contributed by atoms with E-state index in [1.807, 2.05) is 11.8 Å². The van der Waals surface area contributed by atoms with Gasteiger partial charge in [0.05, 0.1) is 12.7 Å². The van der Waals surface area contributed by atoms with Crippen molar-refractivity contribution in [3.05, 3.63) is 0 Å². The van der Waals surface area contributed by atoms with E-state index in [-0.39, 0.29) is 11.9 Å². The smallest absolute Gasteiger partial charge is 0.0897 e. The van der Waals surface area contributed by atoms with Crippen molar-refractivity contribution in [3.8, 4) is 0 Å². The van der Waals surface area contributed by atoms with Crippen molar-refractivity contribution in [1.29, 1.82) is 0 Å². The van der Waals surface area contributed by atoms with E-state index < -0.39 is 16.9 Å². The number of aliphatic hydroxyl groups excluding tert-OH is 2. The third kappa shape index (κ3) is 3.34. The van der Waals surface area contributed by atoms with Gasteiger partial charge in [0, 0.05) is 41.4 Å². The third-order valence-electron chi connectivity index (χ3n) is 2.25. The highest BCUT2D eigenvalue weighted by Crippen LogP contribution is 2.08. The minimum atomic E-state index is -0.708. The summed E-state index contributed by atoms with van der Waals surface area (Å²) in [5, 5.41) is 18.0. The standard InChI is InChI=1S/C8H17NO3S/c1-7-4-9(2-3-13(7)12)5-8(11)6-10/h7-8,10-11H,2-6H2,1H3. The van der Waals surface area contributed by atoms with Gasteiger partial charge in [0.2, 0.25) is 0 Å². The fraction of sp³-hybridized carbons (Fsp3) is 1.00. The lowest BCUT2D eigenvalue weighted by Crippen LogP contribution is -2.46. The average molecular weight is 207 g/mol. The van der Waals surface area contributed by atoms with Crippen LogP contribution in [0.3, 0.4) is 0 Å². The van der Waals surface area contributed by atoms with Crippen LogP contribution in [0.5, 0.6) is 0 Å². The fourth-order valence-corrected chi connectivity index (χ4v) is 2.70. The Kier molecular flexibility index (Phi) is 4.31. The van der Waals surface area contributed by atoms with E-state index in [0.717, 1.165) is 13.1 Å². The minimum Gasteiger partial charge on any atom is -0.394 e. The maximum atomic E-state index is 11.3. The number of hydrogen-bond donors (Lipinski definition) is 2. The lowest BCUT2D eigenvalue weighted by atomic mass is 10.3. The summed E-state index contributed by atoms with van der Waals surface area (Å²) in [5.41, 5.74) is 0. The van der Waals surface area contributed by atoms with Crippen LogP contribution in [0.15, 0.2) is 0 Å². The van der Waals surface area contributed by atoms with E-state index >= 15 is 0 Å². The molecule has 78 valence electrons. The molecule has 0 bridgehead atoms. The van der Waals surface area contributed by atoms with Crippen molar-refractivity contribution in [3.63, 3.8) is 0 Å². The first-order valence-electron chi connectivity index (χ1n) is 4.52. The molecule has 1 fully saturated rings. The van der Waals surface area contributed by atoms with E-state index in [2.05, 4.69) is 0 Å². The molecule has 3 unspecified atom stereocenters. The van der Waals surface area contributed by atoms with Gasteiger partial charge in [-0.05, 0) is 6.92 Å². The van der Waals surface area contributed by atoms with Gasteiger partial charge in [-0.1, -0.05) is 0 Å². The van der Waals surface area contributed by atoms with Gasteiger partial charge in [0.15, 0.2) is 0 Å². The molecule has 3 atom stereocenters. The predicted molar refractivity (Wildman–Crippen MR) is 52.0 cm³/mol. The summed E-state index contributed by atoms with van der Waals surface area (Å²) in [7, 11) is -0.708. The van der Waals surface area contributed by atoms with E-state index in [1.165, 1.54) is 0 Å². The van der Waals surface area contributed by atoms with Gasteiger partial charge in [0.1, 0.15) is 0 Å². The molecule has 1 aliphatic rings. The van der Waals surface area contributed by atoms with Crippen LogP contribution in [-0.4, -0.2) is 62.7 Å². The van der Waals surface area contributed by atoms with E-state index in [9.17, 15) is 9.32 Å². The van der Waals surface area contributed by atoms with Crippen LogP contribution in [0.4, 0.5) is 0 Å². The quantitative estimate of drug-likeness (QED) is 0.610. The monoisotopic (exact) mass is 207 g/mol. The van der Waals surface area contributed by atoms with Crippen LogP contribution in [0.2, 0.25) is 0 Å². The Morgan fingerprint density at radius 1 is 1.69 bits per heavy atom. The number of aliphatic hydroxyl groups is 2. The highest BCUT2D eigenvalue weighted by molar-refractivity contribution is 7.85. The molecule has 4 nitrogen and oxygen atoms in total. The molecule has 0 amide bonds. The molecule has 0 aromatic carbocycles. The summed E-state index contributed by atoms with van der Waals surface area (Å²) in [6, 6.07) is 0. The largest absolute Gasteiger partial charge is 0.394 e. The fourth-order valence-electron chi connectivity index (χ4n) is 1.48.